The fraction of sp³-hybridized carbons (Fsp3) is 0.464. The summed E-state index contributed by atoms with van der Waals surface area (Å²) < 4.78 is 11.6. The van der Waals surface area contributed by atoms with Crippen LogP contribution in [-0.4, -0.2) is 19.5 Å². The Hall–Kier alpha value is -2.95. The molecule has 0 fully saturated rings. The molecule has 4 rings (SSSR count). The van der Waals surface area contributed by atoms with Gasteiger partial charge in [0.25, 0.3) is 0 Å². The van der Waals surface area contributed by atoms with Gasteiger partial charge >= 0.3 is 0 Å². The molecule has 0 bridgehead atoms. The minimum atomic E-state index is -0.303. The molecule has 5 heteroatoms. The summed E-state index contributed by atoms with van der Waals surface area (Å²) in [6.45, 7) is 11.3. The van der Waals surface area contributed by atoms with Gasteiger partial charge in [0.05, 0.1) is 37.1 Å². The molecule has 2 aromatic carbocycles. The molecular weight excluding hydrogens is 412 g/mol. The SMILES string of the molecule is CCCCOc1ccc([C@H]2Nc3cc(C)c(C)cc3NC3=CC(C)(C)CC(=O)[C@H]32)cc1OC. The van der Waals surface area contributed by atoms with Crippen LogP contribution in [0.25, 0.3) is 0 Å². The molecule has 0 radical (unpaired) electrons. The quantitative estimate of drug-likeness (QED) is 0.490. The summed E-state index contributed by atoms with van der Waals surface area (Å²) in [6, 6.07) is 10.1. The monoisotopic (exact) mass is 448 g/mol. The molecule has 2 N–H and O–H groups in total. The maximum Gasteiger partial charge on any atom is 0.161 e. The molecule has 1 aliphatic carbocycles. The average Bonchev–Trinajstić information content (AvgIpc) is 2.90. The van der Waals surface area contributed by atoms with Gasteiger partial charge in [-0.2, -0.15) is 0 Å². The molecule has 1 aliphatic heterocycles. The summed E-state index contributed by atoms with van der Waals surface area (Å²) in [7, 11) is 1.66. The van der Waals surface area contributed by atoms with Crippen LogP contribution in [0.4, 0.5) is 11.4 Å². The predicted molar refractivity (Wildman–Crippen MR) is 134 cm³/mol. The molecule has 5 nitrogen and oxygen atoms in total. The number of carbonyl (C=O) groups is 1. The highest BCUT2D eigenvalue weighted by molar-refractivity contribution is 5.90. The predicted octanol–water partition coefficient (Wildman–Crippen LogP) is 6.57. The molecule has 0 saturated heterocycles. The lowest BCUT2D eigenvalue weighted by Gasteiger charge is -2.35. The van der Waals surface area contributed by atoms with Crippen LogP contribution < -0.4 is 20.1 Å². The molecule has 0 unspecified atom stereocenters. The first-order valence-electron chi connectivity index (χ1n) is 11.9. The van der Waals surface area contributed by atoms with Crippen molar-refractivity contribution in [1.29, 1.82) is 0 Å². The van der Waals surface area contributed by atoms with E-state index in [1.54, 1.807) is 7.11 Å². The smallest absolute Gasteiger partial charge is 0.161 e. The number of aryl methyl sites for hydroxylation is 2. The maximum atomic E-state index is 13.5. The van der Waals surface area contributed by atoms with Gasteiger partial charge in [-0.3, -0.25) is 4.79 Å². The van der Waals surface area contributed by atoms with Gasteiger partial charge < -0.3 is 20.1 Å². The zero-order valence-electron chi connectivity index (χ0n) is 20.7. The van der Waals surface area contributed by atoms with E-state index in [1.165, 1.54) is 11.1 Å². The zero-order chi connectivity index (χ0) is 23.8. The Bertz CT molecular complexity index is 1090. The number of rotatable bonds is 6. The van der Waals surface area contributed by atoms with Gasteiger partial charge in [0.1, 0.15) is 5.78 Å². The second-order valence-electron chi connectivity index (χ2n) is 10.1. The van der Waals surface area contributed by atoms with E-state index in [2.05, 4.69) is 69.5 Å². The minimum absolute atomic E-state index is 0.181. The number of fused-ring (bicyclic) bond motifs is 2. The van der Waals surface area contributed by atoms with Gasteiger partial charge in [0.15, 0.2) is 11.5 Å². The Morgan fingerprint density at radius 3 is 2.48 bits per heavy atom. The highest BCUT2D eigenvalue weighted by atomic mass is 16.5. The Morgan fingerprint density at radius 2 is 1.79 bits per heavy atom. The molecule has 33 heavy (non-hydrogen) atoms. The number of ether oxygens (including phenoxy) is 2. The third-order valence-corrected chi connectivity index (χ3v) is 6.72. The van der Waals surface area contributed by atoms with Crippen LogP contribution in [0.15, 0.2) is 42.1 Å². The lowest BCUT2D eigenvalue weighted by molar-refractivity contribution is -0.124. The van der Waals surface area contributed by atoms with E-state index in [9.17, 15) is 4.79 Å². The van der Waals surface area contributed by atoms with Crippen LogP contribution in [0.1, 0.15) is 62.8 Å². The average molecular weight is 449 g/mol. The van der Waals surface area contributed by atoms with Crippen molar-refractivity contribution in [3.63, 3.8) is 0 Å². The Kier molecular flexibility index (Phi) is 6.42. The van der Waals surface area contributed by atoms with Crippen molar-refractivity contribution < 1.29 is 14.3 Å². The fourth-order valence-corrected chi connectivity index (χ4v) is 4.82. The molecule has 0 aromatic heterocycles. The number of hydrogen-bond acceptors (Lipinski definition) is 5. The molecule has 0 spiro atoms. The van der Waals surface area contributed by atoms with E-state index in [0.717, 1.165) is 41.2 Å². The molecular formula is C28H36N2O3. The van der Waals surface area contributed by atoms with Crippen LogP contribution in [0, 0.1) is 25.2 Å². The first kappa shape index (κ1) is 23.2. The molecule has 2 aliphatic rings. The topological polar surface area (TPSA) is 59.6 Å². The van der Waals surface area contributed by atoms with Crippen molar-refractivity contribution in [2.45, 2.75) is 59.9 Å². The maximum absolute atomic E-state index is 13.5. The fourth-order valence-electron chi connectivity index (χ4n) is 4.82. The van der Waals surface area contributed by atoms with Crippen molar-refractivity contribution in [3.8, 4) is 11.5 Å². The number of hydrogen-bond donors (Lipinski definition) is 2. The largest absolute Gasteiger partial charge is 0.493 e. The Balaban J connectivity index is 1.80. The third kappa shape index (κ3) is 4.73. The van der Waals surface area contributed by atoms with Gasteiger partial charge in [-0.1, -0.05) is 39.3 Å². The van der Waals surface area contributed by atoms with Crippen LogP contribution in [0.3, 0.4) is 0 Å². The standard InChI is InChI=1S/C28H36N2O3/c1-7-8-11-33-24-10-9-19(14-25(24)32-6)27-26-22(15-28(4,5)16-23(26)31)29-20-12-17(2)18(3)13-21(20)30-27/h9-10,12-15,26-27,29-30H,7-8,11,16H2,1-6H3/t26-,27+/m0/s1. The first-order valence-corrected chi connectivity index (χ1v) is 11.9. The second-order valence-corrected chi connectivity index (χ2v) is 10.1. The van der Waals surface area contributed by atoms with E-state index < -0.39 is 0 Å². The Labute approximate surface area is 197 Å². The van der Waals surface area contributed by atoms with Crippen molar-refractivity contribution >= 4 is 17.2 Å². The summed E-state index contributed by atoms with van der Waals surface area (Å²) >= 11 is 0. The van der Waals surface area contributed by atoms with E-state index >= 15 is 0 Å². The van der Waals surface area contributed by atoms with E-state index in [4.69, 9.17) is 9.47 Å². The van der Waals surface area contributed by atoms with Gasteiger partial charge in [-0.15, -0.1) is 0 Å². The number of nitrogens with one attached hydrogen (secondary N) is 2. The summed E-state index contributed by atoms with van der Waals surface area (Å²) in [4.78, 5) is 13.5. The number of benzene rings is 2. The van der Waals surface area contributed by atoms with Crippen molar-refractivity contribution in [2.75, 3.05) is 24.4 Å². The Morgan fingerprint density at radius 1 is 1.06 bits per heavy atom. The summed E-state index contributed by atoms with van der Waals surface area (Å²) in [5.41, 5.74) is 6.24. The van der Waals surface area contributed by atoms with Crippen molar-refractivity contribution in [1.82, 2.24) is 0 Å². The van der Waals surface area contributed by atoms with E-state index in [-0.39, 0.29) is 23.2 Å². The van der Waals surface area contributed by atoms with Crippen LogP contribution in [0.5, 0.6) is 11.5 Å². The van der Waals surface area contributed by atoms with Crippen LogP contribution in [-0.2, 0) is 4.79 Å². The van der Waals surface area contributed by atoms with Crippen molar-refractivity contribution in [3.05, 3.63) is 58.8 Å². The number of unbranched alkanes of at least 4 members (excludes halogenated alkanes) is 1. The summed E-state index contributed by atoms with van der Waals surface area (Å²) in [5.74, 6) is 1.37. The van der Waals surface area contributed by atoms with Gasteiger partial charge in [0.2, 0.25) is 0 Å². The second kappa shape index (κ2) is 9.12. The molecule has 2 atom stereocenters. The van der Waals surface area contributed by atoms with E-state index in [1.807, 2.05) is 12.1 Å². The third-order valence-electron chi connectivity index (χ3n) is 6.72. The van der Waals surface area contributed by atoms with E-state index in [0.29, 0.717) is 18.8 Å². The lowest BCUT2D eigenvalue weighted by Crippen LogP contribution is -2.36. The molecule has 2 aromatic rings. The number of anilines is 2. The first-order chi connectivity index (χ1) is 15.7. The number of Topliss-reactive ketones (excluding diaryl/α,β-unsaturated/α-hetero) is 1. The molecule has 0 amide bonds. The number of methoxy groups -OCH3 is 1. The van der Waals surface area contributed by atoms with Gasteiger partial charge in [-0.05, 0) is 66.6 Å². The van der Waals surface area contributed by atoms with Crippen molar-refractivity contribution in [2.24, 2.45) is 11.3 Å². The van der Waals surface area contributed by atoms with Gasteiger partial charge in [-0.25, -0.2) is 0 Å². The highest BCUT2D eigenvalue weighted by Crippen LogP contribution is 2.46. The number of allylic oxidation sites excluding steroid dienone is 1. The molecule has 1 heterocycles. The molecule has 176 valence electrons. The highest BCUT2D eigenvalue weighted by Gasteiger charge is 2.42. The normalized spacial score (nSPS) is 21.0. The van der Waals surface area contributed by atoms with Crippen LogP contribution >= 0.6 is 0 Å². The zero-order valence-corrected chi connectivity index (χ0v) is 20.7. The molecule has 0 saturated carbocycles. The van der Waals surface area contributed by atoms with Gasteiger partial charge in [0, 0.05) is 12.1 Å². The van der Waals surface area contributed by atoms with Crippen LogP contribution in [0.2, 0.25) is 0 Å². The number of ketones is 1. The summed E-state index contributed by atoms with van der Waals surface area (Å²) in [6.07, 6.45) is 4.83. The summed E-state index contributed by atoms with van der Waals surface area (Å²) in [5, 5.41) is 7.31. The minimum Gasteiger partial charge on any atom is -0.493 e. The number of carbonyl (C=O) groups excluding carboxylic acids is 1. The lowest BCUT2D eigenvalue weighted by atomic mass is 9.72.